The number of aromatic nitrogens is 1. The first-order chi connectivity index (χ1) is 15.0. The van der Waals surface area contributed by atoms with Crippen LogP contribution in [0.4, 0.5) is 17.2 Å². The van der Waals surface area contributed by atoms with Gasteiger partial charge in [0.15, 0.2) is 6.61 Å². The molecule has 0 spiro atoms. The van der Waals surface area contributed by atoms with Crippen molar-refractivity contribution in [3.05, 3.63) is 52.2 Å². The Bertz CT molecular complexity index is 1090. The van der Waals surface area contributed by atoms with Crippen molar-refractivity contribution in [2.75, 3.05) is 49.1 Å². The molecule has 0 aliphatic carbocycles. The Kier molecular flexibility index (Phi) is 5.36. The molecule has 2 aliphatic heterocycles. The first-order valence-electron chi connectivity index (χ1n) is 9.57. The Labute approximate surface area is 177 Å². The van der Waals surface area contributed by atoms with Crippen LogP contribution < -0.4 is 14.5 Å². The summed E-state index contributed by atoms with van der Waals surface area (Å²) >= 11 is 0. The number of hydrogen-bond donors (Lipinski definition) is 0. The predicted molar refractivity (Wildman–Crippen MR) is 109 cm³/mol. The van der Waals surface area contributed by atoms with Gasteiger partial charge in [-0.25, -0.2) is 4.98 Å². The molecular formula is C20H18N6O5. The molecule has 1 aromatic heterocycles. The van der Waals surface area contributed by atoms with E-state index in [1.165, 1.54) is 23.1 Å². The fraction of sp³-hybridized carbons (Fsp3) is 0.300. The maximum absolute atomic E-state index is 12.9. The second-order valence-electron chi connectivity index (χ2n) is 7.03. The van der Waals surface area contributed by atoms with E-state index in [0.29, 0.717) is 43.3 Å². The molecule has 31 heavy (non-hydrogen) atoms. The van der Waals surface area contributed by atoms with Gasteiger partial charge in [0.1, 0.15) is 24.2 Å². The highest BCUT2D eigenvalue weighted by molar-refractivity contribution is 6.02. The first-order valence-corrected chi connectivity index (χ1v) is 9.57. The van der Waals surface area contributed by atoms with Gasteiger partial charge in [0.2, 0.25) is 5.91 Å². The van der Waals surface area contributed by atoms with Gasteiger partial charge in [-0.05, 0) is 18.2 Å². The van der Waals surface area contributed by atoms with Crippen molar-refractivity contribution in [3.63, 3.8) is 0 Å². The third kappa shape index (κ3) is 3.95. The highest BCUT2D eigenvalue weighted by Gasteiger charge is 2.31. The van der Waals surface area contributed by atoms with Gasteiger partial charge >= 0.3 is 0 Å². The minimum atomic E-state index is -0.564. The Morgan fingerprint density at radius 3 is 2.74 bits per heavy atom. The maximum atomic E-state index is 12.9. The zero-order valence-corrected chi connectivity index (χ0v) is 16.4. The molecule has 0 bridgehead atoms. The maximum Gasteiger partial charge on any atom is 0.271 e. The molecule has 11 heteroatoms. The van der Waals surface area contributed by atoms with Crippen molar-refractivity contribution in [3.8, 4) is 11.8 Å². The average molecular weight is 422 g/mol. The van der Waals surface area contributed by atoms with E-state index >= 15 is 0 Å². The summed E-state index contributed by atoms with van der Waals surface area (Å²) in [4.78, 5) is 44.9. The topological polar surface area (TPSA) is 133 Å². The number of nitriles is 1. The Morgan fingerprint density at radius 2 is 2.03 bits per heavy atom. The summed E-state index contributed by atoms with van der Waals surface area (Å²) in [5.41, 5.74) is 0.496. The van der Waals surface area contributed by atoms with E-state index < -0.39 is 10.8 Å². The van der Waals surface area contributed by atoms with E-state index in [1.54, 1.807) is 23.2 Å². The highest BCUT2D eigenvalue weighted by Crippen LogP contribution is 2.35. The van der Waals surface area contributed by atoms with Crippen LogP contribution in [0.3, 0.4) is 0 Å². The number of fused-ring (bicyclic) bond motifs is 1. The molecule has 0 radical (unpaired) electrons. The van der Waals surface area contributed by atoms with E-state index in [1.807, 2.05) is 4.90 Å². The molecule has 158 valence electrons. The van der Waals surface area contributed by atoms with Crippen molar-refractivity contribution in [2.45, 2.75) is 0 Å². The van der Waals surface area contributed by atoms with E-state index in [2.05, 4.69) is 11.1 Å². The molecule has 1 aromatic carbocycles. The molecule has 0 saturated carbocycles. The third-order valence-electron chi connectivity index (χ3n) is 5.23. The summed E-state index contributed by atoms with van der Waals surface area (Å²) in [6.45, 7) is 1.33. The minimum absolute atomic E-state index is 0.188. The van der Waals surface area contributed by atoms with E-state index in [9.17, 15) is 25.0 Å². The van der Waals surface area contributed by atoms with Gasteiger partial charge < -0.3 is 14.5 Å². The van der Waals surface area contributed by atoms with Crippen molar-refractivity contribution >= 4 is 29.0 Å². The Balaban J connectivity index is 1.45. The summed E-state index contributed by atoms with van der Waals surface area (Å²) in [7, 11) is 0. The van der Waals surface area contributed by atoms with Crippen molar-refractivity contribution in [1.29, 1.82) is 5.26 Å². The second kappa shape index (κ2) is 8.27. The number of rotatable bonds is 4. The van der Waals surface area contributed by atoms with Crippen molar-refractivity contribution < 1.29 is 19.2 Å². The Morgan fingerprint density at radius 1 is 1.26 bits per heavy atom. The number of carbonyl (C=O) groups excluding carboxylic acids is 2. The van der Waals surface area contributed by atoms with Gasteiger partial charge in [-0.15, -0.1) is 0 Å². The van der Waals surface area contributed by atoms with E-state index in [4.69, 9.17) is 4.74 Å². The Hall–Kier alpha value is -4.20. The third-order valence-corrected chi connectivity index (χ3v) is 5.23. The molecule has 2 amide bonds. The number of nitrogens with zero attached hydrogens (tertiary/aromatic N) is 6. The molecule has 0 N–H and O–H groups in total. The highest BCUT2D eigenvalue weighted by atomic mass is 16.6. The van der Waals surface area contributed by atoms with Crippen LogP contribution in [0, 0.1) is 21.4 Å². The first kappa shape index (κ1) is 20.1. The summed E-state index contributed by atoms with van der Waals surface area (Å²) in [6.07, 6.45) is 1.62. The lowest BCUT2D eigenvalue weighted by Crippen LogP contribution is -2.53. The van der Waals surface area contributed by atoms with Gasteiger partial charge in [0.05, 0.1) is 16.2 Å². The number of hydrogen-bond acceptors (Lipinski definition) is 8. The van der Waals surface area contributed by atoms with Crippen LogP contribution in [-0.4, -0.2) is 66.0 Å². The zero-order chi connectivity index (χ0) is 22.0. The normalized spacial score (nSPS) is 15.7. The van der Waals surface area contributed by atoms with Gasteiger partial charge in [-0.2, -0.15) is 5.26 Å². The number of carbonyl (C=O) groups is 2. The van der Waals surface area contributed by atoms with Gasteiger partial charge in [0.25, 0.3) is 11.6 Å². The van der Waals surface area contributed by atoms with Gasteiger partial charge in [0, 0.05) is 44.5 Å². The number of benzene rings is 1. The van der Waals surface area contributed by atoms with Crippen molar-refractivity contribution in [2.24, 2.45) is 0 Å². The second-order valence-corrected chi connectivity index (χ2v) is 7.03. The lowest BCUT2D eigenvalue weighted by Gasteiger charge is -2.37. The van der Waals surface area contributed by atoms with Crippen LogP contribution in [0.2, 0.25) is 0 Å². The smallest absolute Gasteiger partial charge is 0.271 e. The molecule has 4 rings (SSSR count). The number of ether oxygens (including phenoxy) is 1. The van der Waals surface area contributed by atoms with E-state index in [0.717, 1.165) is 0 Å². The monoisotopic (exact) mass is 422 g/mol. The van der Waals surface area contributed by atoms with Crippen LogP contribution >= 0.6 is 0 Å². The van der Waals surface area contributed by atoms with Gasteiger partial charge in [-0.1, -0.05) is 0 Å². The fourth-order valence-electron chi connectivity index (χ4n) is 3.62. The van der Waals surface area contributed by atoms with Crippen LogP contribution in [0.25, 0.3) is 0 Å². The standard InChI is InChI=1S/C20H18N6O5/c21-11-14-2-1-5-22-20(14)24-8-6-23(7-9-24)18(27)12-25-16-10-15(26(29)30)3-4-17(16)31-13-19(25)28/h1-5,10H,6-9,12-13H2. The van der Waals surface area contributed by atoms with Crippen molar-refractivity contribution in [1.82, 2.24) is 9.88 Å². The van der Waals surface area contributed by atoms with Crippen LogP contribution in [0.5, 0.6) is 5.75 Å². The minimum Gasteiger partial charge on any atom is -0.482 e. The largest absolute Gasteiger partial charge is 0.482 e. The van der Waals surface area contributed by atoms with E-state index in [-0.39, 0.29) is 30.4 Å². The molecule has 1 fully saturated rings. The lowest BCUT2D eigenvalue weighted by molar-refractivity contribution is -0.384. The number of nitro benzene ring substituents is 1. The lowest BCUT2D eigenvalue weighted by atomic mass is 10.2. The van der Waals surface area contributed by atoms with Crippen LogP contribution in [0.1, 0.15) is 5.56 Å². The molecular weight excluding hydrogens is 404 g/mol. The molecule has 3 heterocycles. The molecule has 1 saturated heterocycles. The summed E-state index contributed by atoms with van der Waals surface area (Å²) in [6, 6.07) is 9.47. The number of non-ortho nitro benzene ring substituents is 1. The number of piperazine rings is 1. The molecule has 0 unspecified atom stereocenters. The average Bonchev–Trinajstić information content (AvgIpc) is 2.80. The molecule has 2 aliphatic rings. The number of amides is 2. The molecule has 11 nitrogen and oxygen atoms in total. The quantitative estimate of drug-likeness (QED) is 0.525. The molecule has 2 aromatic rings. The summed E-state index contributed by atoms with van der Waals surface area (Å²) in [5, 5.41) is 20.4. The van der Waals surface area contributed by atoms with Gasteiger partial charge in [-0.3, -0.25) is 24.6 Å². The number of anilines is 2. The van der Waals surface area contributed by atoms with Crippen LogP contribution in [-0.2, 0) is 9.59 Å². The number of pyridine rings is 1. The number of nitro groups is 1. The predicted octanol–water partition coefficient (Wildman–Crippen LogP) is 0.936. The SMILES string of the molecule is N#Cc1cccnc1N1CCN(C(=O)CN2C(=O)COc3ccc([N+](=O)[O-])cc32)CC1. The van der Waals surface area contributed by atoms with Crippen LogP contribution in [0.15, 0.2) is 36.5 Å². The zero-order valence-electron chi connectivity index (χ0n) is 16.4. The fourth-order valence-corrected chi connectivity index (χ4v) is 3.62. The molecule has 0 atom stereocenters. The summed E-state index contributed by atoms with van der Waals surface area (Å²) < 4.78 is 5.33. The summed E-state index contributed by atoms with van der Waals surface area (Å²) in [5.74, 6) is 0.199.